The molecule has 0 spiro atoms. The molecular formula is C20H24N2O4. The predicted octanol–water partition coefficient (Wildman–Crippen LogP) is 3.44. The summed E-state index contributed by atoms with van der Waals surface area (Å²) in [5.74, 6) is 0.967. The Labute approximate surface area is 153 Å². The number of hydrazone groups is 1. The van der Waals surface area contributed by atoms with Gasteiger partial charge in [-0.1, -0.05) is 38.1 Å². The first-order valence-corrected chi connectivity index (χ1v) is 8.46. The number of carbonyl (C=O) groups is 1. The minimum absolute atomic E-state index is 0.0354. The predicted molar refractivity (Wildman–Crippen MR) is 101 cm³/mol. The van der Waals surface area contributed by atoms with E-state index >= 15 is 0 Å². The van der Waals surface area contributed by atoms with Crippen LogP contribution < -0.4 is 14.9 Å². The molecule has 1 atom stereocenters. The van der Waals surface area contributed by atoms with Crippen LogP contribution in [-0.4, -0.2) is 30.9 Å². The number of phenolic OH excluding ortho intramolecular Hbond substituents is 1. The minimum atomic E-state index is -0.386. The summed E-state index contributed by atoms with van der Waals surface area (Å²) in [6.07, 6.45) is 2.34. The molecule has 138 valence electrons. The summed E-state index contributed by atoms with van der Waals surface area (Å²) in [5.41, 5.74) is 3.90. The van der Waals surface area contributed by atoms with Crippen molar-refractivity contribution in [3.8, 4) is 17.2 Å². The molecule has 0 radical (unpaired) electrons. The Morgan fingerprint density at radius 3 is 2.69 bits per heavy atom. The summed E-state index contributed by atoms with van der Waals surface area (Å²) >= 11 is 0. The van der Waals surface area contributed by atoms with Crippen molar-refractivity contribution in [3.05, 3.63) is 53.6 Å². The lowest BCUT2D eigenvalue weighted by Gasteiger charge is -2.15. The second-order valence-corrected chi connectivity index (χ2v) is 5.83. The number of aromatic hydroxyl groups is 1. The molecule has 0 aromatic heterocycles. The molecule has 0 aliphatic carbocycles. The number of phenols is 1. The first kappa shape index (κ1) is 19.3. The Hall–Kier alpha value is -3.02. The number of amides is 1. The molecule has 0 aliphatic heterocycles. The van der Waals surface area contributed by atoms with E-state index in [9.17, 15) is 9.90 Å². The number of nitrogens with zero attached hydrogens (tertiary/aromatic N) is 1. The van der Waals surface area contributed by atoms with E-state index in [0.29, 0.717) is 23.0 Å². The zero-order valence-corrected chi connectivity index (χ0v) is 15.2. The van der Waals surface area contributed by atoms with Crippen LogP contribution in [-0.2, 0) is 4.79 Å². The molecule has 6 nitrogen and oxygen atoms in total. The van der Waals surface area contributed by atoms with Crippen LogP contribution in [0.3, 0.4) is 0 Å². The Kier molecular flexibility index (Phi) is 7.02. The molecule has 0 aliphatic rings. The average molecular weight is 356 g/mol. The molecular weight excluding hydrogens is 332 g/mol. The summed E-state index contributed by atoms with van der Waals surface area (Å²) < 4.78 is 10.7. The average Bonchev–Trinajstić information content (AvgIpc) is 2.67. The van der Waals surface area contributed by atoms with Crippen LogP contribution in [0.2, 0.25) is 0 Å². The van der Waals surface area contributed by atoms with E-state index in [1.807, 2.05) is 24.3 Å². The molecule has 2 rings (SSSR count). The summed E-state index contributed by atoms with van der Waals surface area (Å²) in [6.45, 7) is 4.08. The molecule has 2 aromatic rings. The largest absolute Gasteiger partial charge is 0.504 e. The van der Waals surface area contributed by atoms with E-state index in [2.05, 4.69) is 24.4 Å². The monoisotopic (exact) mass is 356 g/mol. The standard InChI is InChI=1S/C20H24N2O4/c1-4-14(2)16-9-5-6-10-17(16)26-13-19(23)22-21-12-15-8-7-11-18(25-3)20(15)24/h5-12,14,24H,4,13H2,1-3H3,(H,22,23)/b21-12+. The zero-order chi connectivity index (χ0) is 18.9. The molecule has 2 N–H and O–H groups in total. The van der Waals surface area contributed by atoms with Crippen molar-refractivity contribution in [2.24, 2.45) is 5.10 Å². The number of rotatable bonds is 8. The van der Waals surface area contributed by atoms with Gasteiger partial charge in [0.25, 0.3) is 5.91 Å². The molecule has 0 fully saturated rings. The molecule has 1 unspecified atom stereocenters. The second kappa shape index (κ2) is 9.46. The van der Waals surface area contributed by atoms with Crippen LogP contribution in [0.1, 0.15) is 37.3 Å². The van der Waals surface area contributed by atoms with Crippen LogP contribution >= 0.6 is 0 Å². The van der Waals surface area contributed by atoms with Crippen molar-refractivity contribution in [1.82, 2.24) is 5.43 Å². The number of para-hydroxylation sites is 2. The molecule has 0 saturated heterocycles. The van der Waals surface area contributed by atoms with Crippen LogP contribution in [0.5, 0.6) is 17.2 Å². The van der Waals surface area contributed by atoms with E-state index in [-0.39, 0.29) is 18.3 Å². The Morgan fingerprint density at radius 1 is 1.23 bits per heavy atom. The van der Waals surface area contributed by atoms with Crippen LogP contribution in [0.4, 0.5) is 0 Å². The lowest BCUT2D eigenvalue weighted by molar-refractivity contribution is -0.123. The summed E-state index contributed by atoms with van der Waals surface area (Å²) in [6, 6.07) is 12.7. The fourth-order valence-corrected chi connectivity index (χ4v) is 2.40. The van der Waals surface area contributed by atoms with Gasteiger partial charge in [0.15, 0.2) is 18.1 Å². The fraction of sp³-hybridized carbons (Fsp3) is 0.300. The van der Waals surface area contributed by atoms with Crippen molar-refractivity contribution in [2.45, 2.75) is 26.2 Å². The Balaban J connectivity index is 1.92. The van der Waals surface area contributed by atoms with Gasteiger partial charge in [-0.25, -0.2) is 5.43 Å². The van der Waals surface area contributed by atoms with E-state index in [1.54, 1.807) is 18.2 Å². The van der Waals surface area contributed by atoms with Gasteiger partial charge in [-0.15, -0.1) is 0 Å². The SMILES string of the molecule is CCC(C)c1ccccc1OCC(=O)N/N=C/c1cccc(OC)c1O. The summed E-state index contributed by atoms with van der Waals surface area (Å²) in [5, 5.41) is 13.8. The fourth-order valence-electron chi connectivity index (χ4n) is 2.40. The molecule has 2 aromatic carbocycles. The normalized spacial score (nSPS) is 12.0. The number of nitrogens with one attached hydrogen (secondary N) is 1. The summed E-state index contributed by atoms with van der Waals surface area (Å²) in [4.78, 5) is 11.9. The maximum atomic E-state index is 11.9. The Bertz CT molecular complexity index is 774. The first-order valence-electron chi connectivity index (χ1n) is 8.46. The van der Waals surface area contributed by atoms with Gasteiger partial charge in [-0.05, 0) is 36.1 Å². The zero-order valence-electron chi connectivity index (χ0n) is 15.2. The maximum absolute atomic E-state index is 11.9. The highest BCUT2D eigenvalue weighted by Gasteiger charge is 2.11. The van der Waals surface area contributed by atoms with Gasteiger partial charge in [-0.2, -0.15) is 5.10 Å². The molecule has 0 saturated carbocycles. The minimum Gasteiger partial charge on any atom is -0.504 e. The molecule has 0 heterocycles. The van der Waals surface area contributed by atoms with Crippen LogP contribution in [0.25, 0.3) is 0 Å². The van der Waals surface area contributed by atoms with Crippen LogP contribution in [0.15, 0.2) is 47.6 Å². The maximum Gasteiger partial charge on any atom is 0.277 e. The number of ether oxygens (including phenoxy) is 2. The number of benzene rings is 2. The summed E-state index contributed by atoms with van der Waals surface area (Å²) in [7, 11) is 1.46. The third-order valence-electron chi connectivity index (χ3n) is 4.06. The van der Waals surface area contributed by atoms with Gasteiger partial charge < -0.3 is 14.6 Å². The smallest absolute Gasteiger partial charge is 0.277 e. The second-order valence-electron chi connectivity index (χ2n) is 5.83. The van der Waals surface area contributed by atoms with E-state index in [0.717, 1.165) is 12.0 Å². The van der Waals surface area contributed by atoms with Gasteiger partial charge >= 0.3 is 0 Å². The lowest BCUT2D eigenvalue weighted by Crippen LogP contribution is -2.25. The Morgan fingerprint density at radius 2 is 1.96 bits per heavy atom. The van der Waals surface area contributed by atoms with Gasteiger partial charge in [0.05, 0.1) is 13.3 Å². The van der Waals surface area contributed by atoms with Crippen LogP contribution in [0, 0.1) is 0 Å². The van der Waals surface area contributed by atoms with E-state index < -0.39 is 0 Å². The molecule has 26 heavy (non-hydrogen) atoms. The molecule has 0 bridgehead atoms. The highest BCUT2D eigenvalue weighted by atomic mass is 16.5. The topological polar surface area (TPSA) is 80.2 Å². The lowest BCUT2D eigenvalue weighted by atomic mass is 9.98. The number of hydrogen-bond donors (Lipinski definition) is 2. The van der Waals surface area contributed by atoms with Crippen molar-refractivity contribution >= 4 is 12.1 Å². The van der Waals surface area contributed by atoms with Gasteiger partial charge in [0.2, 0.25) is 0 Å². The third kappa shape index (κ3) is 4.99. The quantitative estimate of drug-likeness (QED) is 0.561. The van der Waals surface area contributed by atoms with Gasteiger partial charge in [0.1, 0.15) is 5.75 Å². The van der Waals surface area contributed by atoms with Crippen molar-refractivity contribution in [1.29, 1.82) is 0 Å². The molecule has 1 amide bonds. The van der Waals surface area contributed by atoms with Crippen molar-refractivity contribution in [3.63, 3.8) is 0 Å². The van der Waals surface area contributed by atoms with Crippen molar-refractivity contribution < 1.29 is 19.4 Å². The third-order valence-corrected chi connectivity index (χ3v) is 4.06. The highest BCUT2D eigenvalue weighted by Crippen LogP contribution is 2.29. The van der Waals surface area contributed by atoms with Gasteiger partial charge in [0, 0.05) is 5.56 Å². The van der Waals surface area contributed by atoms with Gasteiger partial charge in [-0.3, -0.25) is 4.79 Å². The molecule has 6 heteroatoms. The first-order chi connectivity index (χ1) is 12.6. The number of carbonyl (C=O) groups excluding carboxylic acids is 1. The highest BCUT2D eigenvalue weighted by molar-refractivity contribution is 5.86. The van der Waals surface area contributed by atoms with Crippen molar-refractivity contribution in [2.75, 3.05) is 13.7 Å². The number of hydrogen-bond acceptors (Lipinski definition) is 5. The van der Waals surface area contributed by atoms with E-state index in [1.165, 1.54) is 13.3 Å². The number of methoxy groups -OCH3 is 1. The van der Waals surface area contributed by atoms with E-state index in [4.69, 9.17) is 9.47 Å².